The van der Waals surface area contributed by atoms with E-state index >= 15 is 0 Å². The van der Waals surface area contributed by atoms with E-state index in [0.29, 0.717) is 5.92 Å². The highest BCUT2D eigenvalue weighted by Gasteiger charge is 2.23. The molecular weight excluding hydrogens is 761 g/mol. The summed E-state index contributed by atoms with van der Waals surface area (Å²) < 4.78 is 6.31. The molecule has 1 unspecified atom stereocenters. The number of hydrogen-bond acceptors (Lipinski definition) is 5. The molecule has 0 fully saturated rings. The Morgan fingerprint density at radius 1 is 0.661 bits per heavy atom. The Morgan fingerprint density at radius 3 is 2.03 bits per heavy atom. The standard InChI is InChI=1S/C54H60O3S2/c1-8-12-14-16-19-37(11-4)28-45-44-30-40-31-46(49-24-20-35(6)58-49)53(55)51(40)36(7)43(44)29-41-32-47(54(56)52(41)45)50-25-23-42(59-50)22-21-38-33-48(57-26-17-15-13-9-2)39(18-10-3)27-34(38)5/h10,18,20-25,27,29-33,37H,8-9,11-17,19,26,28H2,1-7H3/b18-10+,22-21+. The van der Waals surface area contributed by atoms with Gasteiger partial charge in [0, 0.05) is 47.0 Å². The summed E-state index contributed by atoms with van der Waals surface area (Å²) >= 11 is 3.33. The summed E-state index contributed by atoms with van der Waals surface area (Å²) in [4.78, 5) is 33.1. The predicted molar refractivity (Wildman–Crippen MR) is 261 cm³/mol. The second-order valence-electron chi connectivity index (χ2n) is 16.6. The predicted octanol–water partition coefficient (Wildman–Crippen LogP) is 15.8. The van der Waals surface area contributed by atoms with E-state index in [2.05, 4.69) is 127 Å². The maximum absolute atomic E-state index is 14.8. The van der Waals surface area contributed by atoms with Crippen molar-refractivity contribution >= 4 is 73.2 Å². The van der Waals surface area contributed by atoms with Crippen LogP contribution in [0.15, 0.2) is 76.3 Å². The minimum atomic E-state index is 0.104. The summed E-state index contributed by atoms with van der Waals surface area (Å²) in [5.41, 5.74) is 7.36. The highest BCUT2D eigenvalue weighted by molar-refractivity contribution is 7.16. The molecule has 0 spiro atoms. The molecule has 306 valence electrons. The van der Waals surface area contributed by atoms with Crippen LogP contribution < -0.4 is 15.6 Å². The first kappa shape index (κ1) is 42.5. The zero-order valence-electron chi connectivity index (χ0n) is 36.2. The molecule has 0 amide bonds. The fraction of sp³-hybridized carbons (Fsp3) is 0.370. The molecule has 0 bridgehead atoms. The topological polar surface area (TPSA) is 43.4 Å². The van der Waals surface area contributed by atoms with Gasteiger partial charge in [0.2, 0.25) is 0 Å². The number of benzene rings is 3. The normalized spacial score (nSPS) is 12.7. The lowest BCUT2D eigenvalue weighted by Crippen LogP contribution is -2.08. The van der Waals surface area contributed by atoms with Gasteiger partial charge in [-0.15, -0.1) is 22.7 Å². The van der Waals surface area contributed by atoms with Gasteiger partial charge in [-0.25, -0.2) is 0 Å². The van der Waals surface area contributed by atoms with Gasteiger partial charge in [0.15, 0.2) is 10.9 Å². The van der Waals surface area contributed by atoms with Gasteiger partial charge in [-0.2, -0.15) is 0 Å². The molecule has 7 aromatic rings. The van der Waals surface area contributed by atoms with Crippen molar-refractivity contribution in [2.45, 2.75) is 119 Å². The van der Waals surface area contributed by atoms with Crippen LogP contribution in [-0.4, -0.2) is 6.61 Å². The fourth-order valence-corrected chi connectivity index (χ4v) is 10.7. The Bertz CT molecular complexity index is 2730. The van der Waals surface area contributed by atoms with Crippen LogP contribution in [0.5, 0.6) is 5.75 Å². The number of allylic oxidation sites excluding steroid dienone is 1. The molecule has 0 N–H and O–H groups in total. The van der Waals surface area contributed by atoms with Crippen LogP contribution in [0.4, 0.5) is 0 Å². The highest BCUT2D eigenvalue weighted by atomic mass is 32.1. The summed E-state index contributed by atoms with van der Waals surface area (Å²) in [6.45, 7) is 15.9. The van der Waals surface area contributed by atoms with Crippen LogP contribution in [0, 0.1) is 26.7 Å². The monoisotopic (exact) mass is 820 g/mol. The summed E-state index contributed by atoms with van der Waals surface area (Å²) in [7, 11) is 0. The van der Waals surface area contributed by atoms with Crippen molar-refractivity contribution < 1.29 is 4.74 Å². The zero-order chi connectivity index (χ0) is 41.6. The van der Waals surface area contributed by atoms with Gasteiger partial charge in [-0.3, -0.25) is 9.59 Å². The van der Waals surface area contributed by atoms with E-state index in [1.54, 1.807) is 22.7 Å². The molecule has 7 rings (SSSR count). The number of rotatable bonds is 19. The van der Waals surface area contributed by atoms with Gasteiger partial charge in [0.1, 0.15) is 5.75 Å². The van der Waals surface area contributed by atoms with E-state index in [1.165, 1.54) is 55.4 Å². The summed E-state index contributed by atoms with van der Waals surface area (Å²) in [5.74, 6) is 1.40. The van der Waals surface area contributed by atoms with Crippen molar-refractivity contribution in [1.82, 2.24) is 0 Å². The molecule has 0 radical (unpaired) electrons. The van der Waals surface area contributed by atoms with Crippen molar-refractivity contribution in [3.8, 4) is 26.6 Å². The molecule has 2 aromatic heterocycles. The van der Waals surface area contributed by atoms with Gasteiger partial charge in [0.25, 0.3) is 0 Å². The maximum atomic E-state index is 14.8. The largest absolute Gasteiger partial charge is 0.493 e. The number of thiophene rings is 2. The lowest BCUT2D eigenvalue weighted by Gasteiger charge is -2.18. The Morgan fingerprint density at radius 2 is 1.34 bits per heavy atom. The van der Waals surface area contributed by atoms with E-state index in [-0.39, 0.29) is 10.9 Å². The molecule has 0 aliphatic rings. The third kappa shape index (κ3) is 9.12. The van der Waals surface area contributed by atoms with E-state index in [4.69, 9.17) is 4.74 Å². The second-order valence-corrected chi connectivity index (χ2v) is 19.0. The summed E-state index contributed by atoms with van der Waals surface area (Å²) in [5, 5.41) is 5.82. The van der Waals surface area contributed by atoms with Crippen LogP contribution in [0.25, 0.3) is 71.4 Å². The third-order valence-electron chi connectivity index (χ3n) is 12.3. The number of ether oxygens (including phenoxy) is 1. The molecule has 0 saturated carbocycles. The van der Waals surface area contributed by atoms with Crippen molar-refractivity contribution in [3.05, 3.63) is 125 Å². The van der Waals surface area contributed by atoms with Gasteiger partial charge in [-0.1, -0.05) is 96.8 Å². The van der Waals surface area contributed by atoms with Crippen molar-refractivity contribution in [2.75, 3.05) is 6.61 Å². The molecule has 0 aliphatic heterocycles. The van der Waals surface area contributed by atoms with Gasteiger partial charge in [0.05, 0.1) is 6.61 Å². The molecule has 3 nitrogen and oxygen atoms in total. The first-order valence-corrected chi connectivity index (χ1v) is 23.7. The Balaban J connectivity index is 1.28. The number of aryl methyl sites for hydroxylation is 3. The lowest BCUT2D eigenvalue weighted by molar-refractivity contribution is 0.304. The number of unbranched alkanes of at least 4 members (excludes halogenated alkanes) is 6. The molecule has 5 aromatic carbocycles. The van der Waals surface area contributed by atoms with Gasteiger partial charge in [-0.05, 0) is 157 Å². The zero-order valence-corrected chi connectivity index (χ0v) is 37.8. The Kier molecular flexibility index (Phi) is 13.8. The molecule has 0 saturated heterocycles. The van der Waals surface area contributed by atoms with E-state index in [1.807, 2.05) is 6.92 Å². The quantitative estimate of drug-likeness (QED) is 0.0763. The average molecular weight is 821 g/mol. The maximum Gasteiger partial charge on any atom is 0.195 e. The van der Waals surface area contributed by atoms with Crippen LogP contribution in [0.2, 0.25) is 0 Å². The minimum Gasteiger partial charge on any atom is -0.493 e. The average Bonchev–Trinajstić information content (AvgIpc) is 4.02. The van der Waals surface area contributed by atoms with Crippen molar-refractivity contribution in [3.63, 3.8) is 0 Å². The SMILES string of the molecule is C/C=C/c1cc(C)c(/C=C/c2ccc(-c3cc4cc5c(C)c6c(=O)c(-c7ccc(C)s7)cc6cc5c(CC(CC)CCCCCC)c4c3=O)s2)cc1OCCCCCC. The van der Waals surface area contributed by atoms with Crippen LogP contribution in [0.1, 0.15) is 129 Å². The first-order valence-electron chi connectivity index (χ1n) is 22.1. The lowest BCUT2D eigenvalue weighted by atomic mass is 9.86. The Labute approximate surface area is 359 Å². The molecular formula is C54H60O3S2. The summed E-state index contributed by atoms with van der Waals surface area (Å²) in [6.07, 6.45) is 21.2. The number of fused-ring (bicyclic) bond motifs is 3. The fourth-order valence-electron chi connectivity index (χ4n) is 8.91. The van der Waals surface area contributed by atoms with Gasteiger partial charge >= 0.3 is 0 Å². The molecule has 2 heterocycles. The van der Waals surface area contributed by atoms with E-state index in [0.717, 1.165) is 118 Å². The van der Waals surface area contributed by atoms with E-state index in [9.17, 15) is 9.59 Å². The van der Waals surface area contributed by atoms with Crippen molar-refractivity contribution in [2.24, 2.45) is 5.92 Å². The minimum absolute atomic E-state index is 0.104. The van der Waals surface area contributed by atoms with Crippen LogP contribution in [0.3, 0.4) is 0 Å². The van der Waals surface area contributed by atoms with Crippen molar-refractivity contribution in [1.29, 1.82) is 0 Å². The third-order valence-corrected chi connectivity index (χ3v) is 14.4. The van der Waals surface area contributed by atoms with E-state index < -0.39 is 0 Å². The molecule has 1 atom stereocenters. The van der Waals surface area contributed by atoms with Crippen LogP contribution in [-0.2, 0) is 6.42 Å². The molecule has 59 heavy (non-hydrogen) atoms. The molecule has 5 heteroatoms. The highest BCUT2D eigenvalue weighted by Crippen LogP contribution is 2.40. The smallest absolute Gasteiger partial charge is 0.195 e. The molecule has 0 aliphatic carbocycles. The summed E-state index contributed by atoms with van der Waals surface area (Å²) in [6, 6.07) is 21.4. The van der Waals surface area contributed by atoms with Gasteiger partial charge < -0.3 is 4.74 Å². The second kappa shape index (κ2) is 19.2. The first-order chi connectivity index (χ1) is 28.6. The number of hydrogen-bond donors (Lipinski definition) is 0. The van der Waals surface area contributed by atoms with Crippen LogP contribution >= 0.6 is 22.7 Å². The Hall–Kier alpha value is -4.58.